The molecule has 0 spiro atoms. The van der Waals surface area contributed by atoms with Gasteiger partial charge in [0.2, 0.25) is 0 Å². The van der Waals surface area contributed by atoms with Gasteiger partial charge in [0, 0.05) is 26.3 Å². The number of urea groups is 1. The summed E-state index contributed by atoms with van der Waals surface area (Å²) in [5, 5.41) is 12.8. The van der Waals surface area contributed by atoms with E-state index in [2.05, 4.69) is 10.3 Å². The second kappa shape index (κ2) is 7.91. The first-order chi connectivity index (χ1) is 14.4. The summed E-state index contributed by atoms with van der Waals surface area (Å²) in [4.78, 5) is 31.3. The van der Waals surface area contributed by atoms with Crippen molar-refractivity contribution in [3.05, 3.63) is 54.4 Å². The number of nitrogens with one attached hydrogen (secondary N) is 1. The van der Waals surface area contributed by atoms with Crippen molar-refractivity contribution >= 4 is 28.7 Å². The number of carbonyl (C=O) groups excluding carboxylic acids is 2. The van der Waals surface area contributed by atoms with Crippen LogP contribution in [0.25, 0.3) is 11.0 Å². The van der Waals surface area contributed by atoms with Gasteiger partial charge < -0.3 is 9.67 Å². The Morgan fingerprint density at radius 1 is 1.20 bits per heavy atom. The van der Waals surface area contributed by atoms with Crippen LogP contribution in [-0.2, 0) is 18.3 Å². The molecule has 3 aromatic rings. The highest BCUT2D eigenvalue weighted by Crippen LogP contribution is 2.32. The maximum absolute atomic E-state index is 13.4. The van der Waals surface area contributed by atoms with E-state index >= 15 is 0 Å². The number of hydrogen-bond donors (Lipinski definition) is 2. The number of imide groups is 1. The van der Waals surface area contributed by atoms with Crippen LogP contribution >= 0.6 is 0 Å². The molecule has 2 N–H and O–H groups in total. The van der Waals surface area contributed by atoms with Crippen LogP contribution in [0.2, 0.25) is 0 Å². The summed E-state index contributed by atoms with van der Waals surface area (Å²) in [7, 11) is 1.95. The molecule has 0 aliphatic carbocycles. The van der Waals surface area contributed by atoms with Crippen molar-refractivity contribution in [1.29, 1.82) is 0 Å². The van der Waals surface area contributed by atoms with Gasteiger partial charge in [-0.15, -0.1) is 0 Å². The SMILES string of the molecule is C[C@@H]1CCC[N+]1(C(=O)CCc1nc2ccccc2n1C)C(=O)Nc1ccccc1O. The average molecular weight is 407 g/mol. The zero-order chi connectivity index (χ0) is 21.3. The Bertz CT molecular complexity index is 1110. The number of benzene rings is 2. The molecule has 4 rings (SSSR count). The smallest absolute Gasteiger partial charge is 0.428 e. The van der Waals surface area contributed by atoms with E-state index < -0.39 is 0 Å². The second-order valence-electron chi connectivity index (χ2n) is 8.00. The number of carbonyl (C=O) groups is 2. The summed E-state index contributed by atoms with van der Waals surface area (Å²) < 4.78 is 1.76. The lowest BCUT2D eigenvalue weighted by Crippen LogP contribution is -2.60. The quantitative estimate of drug-likeness (QED) is 0.506. The molecule has 156 valence electrons. The van der Waals surface area contributed by atoms with Gasteiger partial charge in [-0.3, -0.25) is 5.32 Å². The van der Waals surface area contributed by atoms with Crippen LogP contribution in [0.3, 0.4) is 0 Å². The summed E-state index contributed by atoms with van der Waals surface area (Å²) in [6.07, 6.45) is 2.33. The minimum atomic E-state index is -0.378. The van der Waals surface area contributed by atoms with Gasteiger partial charge in [-0.05, 0) is 31.2 Å². The highest BCUT2D eigenvalue weighted by Gasteiger charge is 2.52. The Morgan fingerprint density at radius 3 is 2.63 bits per heavy atom. The summed E-state index contributed by atoms with van der Waals surface area (Å²) in [6.45, 7) is 2.42. The Kier molecular flexibility index (Phi) is 5.30. The second-order valence-corrected chi connectivity index (χ2v) is 8.00. The summed E-state index contributed by atoms with van der Waals surface area (Å²) >= 11 is 0. The molecule has 1 aromatic heterocycles. The molecule has 3 amide bonds. The van der Waals surface area contributed by atoms with Crippen molar-refractivity contribution in [3.8, 4) is 5.75 Å². The number of phenols is 1. The first kappa shape index (κ1) is 20.1. The van der Waals surface area contributed by atoms with E-state index in [4.69, 9.17) is 0 Å². The lowest BCUT2D eigenvalue weighted by atomic mass is 10.2. The third-order valence-corrected chi connectivity index (χ3v) is 6.28. The number of likely N-dealkylation sites (tertiary alicyclic amines) is 1. The molecule has 0 bridgehead atoms. The van der Waals surface area contributed by atoms with Crippen molar-refractivity contribution in [2.75, 3.05) is 11.9 Å². The molecule has 1 aliphatic rings. The predicted octanol–water partition coefficient (Wildman–Crippen LogP) is 3.97. The molecule has 2 aromatic carbocycles. The van der Waals surface area contributed by atoms with Crippen LogP contribution in [-0.4, -0.2) is 43.7 Å². The summed E-state index contributed by atoms with van der Waals surface area (Å²) in [5.41, 5.74) is 2.25. The Hall–Kier alpha value is -3.19. The van der Waals surface area contributed by atoms with Crippen LogP contribution in [0, 0.1) is 0 Å². The first-order valence-electron chi connectivity index (χ1n) is 10.3. The van der Waals surface area contributed by atoms with Crippen LogP contribution in [0.5, 0.6) is 5.75 Å². The number of imidazole rings is 1. The minimum Gasteiger partial charge on any atom is -0.506 e. The fourth-order valence-electron chi connectivity index (χ4n) is 4.49. The fourth-order valence-corrected chi connectivity index (χ4v) is 4.49. The first-order valence-corrected chi connectivity index (χ1v) is 10.3. The van der Waals surface area contributed by atoms with Crippen molar-refractivity contribution in [1.82, 2.24) is 9.55 Å². The maximum Gasteiger partial charge on any atom is 0.428 e. The third kappa shape index (κ3) is 3.35. The van der Waals surface area contributed by atoms with E-state index in [1.54, 1.807) is 18.2 Å². The number of phenolic OH excluding ortho intramolecular Hbond substituents is 1. The number of amides is 3. The standard InChI is InChI=1S/C23H26N4O3/c1-16-8-7-15-27(16,23(30)25-18-10-4-6-12-20(18)28)22(29)14-13-21-24-17-9-3-5-11-19(17)26(21)2/h3-6,9-12,16H,7-8,13-15H2,1-2H3,(H-,25,28,30)/p+1/t16-,27?/m1/s1. The number of hydrogen-bond acceptors (Lipinski definition) is 4. The molecule has 0 saturated carbocycles. The van der Waals surface area contributed by atoms with Crippen molar-refractivity contribution < 1.29 is 19.2 Å². The molecule has 7 heteroatoms. The normalized spacial score (nSPS) is 21.1. The molecule has 1 saturated heterocycles. The monoisotopic (exact) mass is 407 g/mol. The maximum atomic E-state index is 13.4. The van der Waals surface area contributed by atoms with Crippen molar-refractivity contribution in [2.24, 2.45) is 7.05 Å². The van der Waals surface area contributed by atoms with Gasteiger partial charge in [-0.25, -0.2) is 14.6 Å². The predicted molar refractivity (Wildman–Crippen MR) is 115 cm³/mol. The van der Waals surface area contributed by atoms with Gasteiger partial charge in [0.25, 0.3) is 0 Å². The lowest BCUT2D eigenvalue weighted by molar-refractivity contribution is -0.782. The summed E-state index contributed by atoms with van der Waals surface area (Å²) in [5.74, 6) is 0.707. The van der Waals surface area contributed by atoms with E-state index in [0.29, 0.717) is 18.7 Å². The van der Waals surface area contributed by atoms with Crippen LogP contribution < -0.4 is 5.32 Å². The van der Waals surface area contributed by atoms with Crippen LogP contribution in [0.1, 0.15) is 32.0 Å². The van der Waals surface area contributed by atoms with E-state index in [9.17, 15) is 14.7 Å². The number of fused-ring (bicyclic) bond motifs is 1. The minimum absolute atomic E-state index is 0.0111. The molecule has 30 heavy (non-hydrogen) atoms. The molecule has 1 aliphatic heterocycles. The molecule has 2 atom stereocenters. The van der Waals surface area contributed by atoms with Gasteiger partial charge >= 0.3 is 11.9 Å². The molecular weight excluding hydrogens is 380 g/mol. The van der Waals surface area contributed by atoms with Crippen LogP contribution in [0.4, 0.5) is 10.5 Å². The number of aromatic nitrogens is 2. The molecule has 0 radical (unpaired) electrons. The zero-order valence-corrected chi connectivity index (χ0v) is 17.3. The number of para-hydroxylation sites is 4. The third-order valence-electron chi connectivity index (χ3n) is 6.28. The average Bonchev–Trinajstić information content (AvgIpc) is 3.29. The van der Waals surface area contributed by atoms with E-state index in [-0.39, 0.29) is 34.6 Å². The number of rotatable bonds is 4. The zero-order valence-electron chi connectivity index (χ0n) is 17.3. The van der Waals surface area contributed by atoms with Gasteiger partial charge in [0.1, 0.15) is 17.6 Å². The molecule has 2 heterocycles. The van der Waals surface area contributed by atoms with E-state index in [1.165, 1.54) is 6.07 Å². The molecule has 1 fully saturated rings. The number of aryl methyl sites for hydroxylation is 2. The van der Waals surface area contributed by atoms with Gasteiger partial charge in [-0.2, -0.15) is 4.48 Å². The Morgan fingerprint density at radius 2 is 1.93 bits per heavy atom. The number of quaternary nitrogens is 1. The van der Waals surface area contributed by atoms with Gasteiger partial charge in [-0.1, -0.05) is 24.3 Å². The van der Waals surface area contributed by atoms with E-state index in [0.717, 1.165) is 29.7 Å². The van der Waals surface area contributed by atoms with Crippen LogP contribution in [0.15, 0.2) is 48.5 Å². The van der Waals surface area contributed by atoms with E-state index in [1.807, 2.05) is 42.8 Å². The molecule has 7 nitrogen and oxygen atoms in total. The topological polar surface area (TPSA) is 84.2 Å². The van der Waals surface area contributed by atoms with Gasteiger partial charge in [0.05, 0.1) is 29.7 Å². The Labute approximate surface area is 175 Å². The van der Waals surface area contributed by atoms with Gasteiger partial charge in [0.15, 0.2) is 0 Å². The fraction of sp³-hybridized carbons (Fsp3) is 0.348. The highest BCUT2D eigenvalue weighted by molar-refractivity contribution is 5.93. The number of aromatic hydroxyl groups is 1. The lowest BCUT2D eigenvalue weighted by Gasteiger charge is -2.33. The number of nitrogens with zero attached hydrogens (tertiary/aromatic N) is 3. The largest absolute Gasteiger partial charge is 0.506 e. The Balaban J connectivity index is 1.55. The highest BCUT2D eigenvalue weighted by atomic mass is 16.3. The molecular formula is C23H27N4O3+. The number of anilines is 1. The van der Waals surface area contributed by atoms with Crippen molar-refractivity contribution in [2.45, 2.75) is 38.6 Å². The summed E-state index contributed by atoms with van der Waals surface area (Å²) in [6, 6.07) is 14.0. The van der Waals surface area contributed by atoms with Crippen molar-refractivity contribution in [3.63, 3.8) is 0 Å². The molecule has 1 unspecified atom stereocenters.